The van der Waals surface area contributed by atoms with E-state index in [1.807, 2.05) is 42.5 Å². The molecule has 3 heteroatoms. The summed E-state index contributed by atoms with van der Waals surface area (Å²) in [6, 6.07) is 16.0. The van der Waals surface area contributed by atoms with Crippen LogP contribution in [0.2, 0.25) is 0 Å². The summed E-state index contributed by atoms with van der Waals surface area (Å²) in [7, 11) is 0. The molecule has 0 aromatic heterocycles. The molecule has 2 aromatic rings. The number of rotatable bonds is 5. The Morgan fingerprint density at radius 1 is 1.19 bits per heavy atom. The molecule has 3 rings (SSSR count). The second kappa shape index (κ2) is 6.19. The largest absolute Gasteiger partial charge is 0.490 e. The molecule has 1 aliphatic heterocycles. The first-order chi connectivity index (χ1) is 10.2. The highest BCUT2D eigenvalue weighted by Gasteiger charge is 2.22. The van der Waals surface area contributed by atoms with Gasteiger partial charge in [-0.25, -0.2) is 0 Å². The van der Waals surface area contributed by atoms with Crippen LogP contribution >= 0.6 is 0 Å². The summed E-state index contributed by atoms with van der Waals surface area (Å²) < 4.78 is 11.6. The van der Waals surface area contributed by atoms with Gasteiger partial charge in [-0.15, -0.1) is 0 Å². The first-order valence-electron chi connectivity index (χ1n) is 7.35. The summed E-state index contributed by atoms with van der Waals surface area (Å²) in [5.41, 5.74) is 2.36. The Hall–Kier alpha value is -2.00. The van der Waals surface area contributed by atoms with Crippen molar-refractivity contribution >= 4 is 0 Å². The number of benzene rings is 2. The molecule has 3 nitrogen and oxygen atoms in total. The van der Waals surface area contributed by atoms with E-state index in [-0.39, 0.29) is 12.2 Å². The van der Waals surface area contributed by atoms with Crippen LogP contribution in [-0.4, -0.2) is 23.9 Å². The van der Waals surface area contributed by atoms with Crippen LogP contribution in [0.25, 0.3) is 0 Å². The minimum Gasteiger partial charge on any atom is -0.490 e. The third-order valence-electron chi connectivity index (χ3n) is 3.60. The maximum absolute atomic E-state index is 9.36. The lowest BCUT2D eigenvalue weighted by atomic mass is 10.1. The van der Waals surface area contributed by atoms with E-state index in [1.165, 1.54) is 5.56 Å². The minimum absolute atomic E-state index is 0.0829. The van der Waals surface area contributed by atoms with Crippen molar-refractivity contribution in [2.75, 3.05) is 6.61 Å². The quantitative estimate of drug-likeness (QED) is 0.917. The second-order valence-corrected chi connectivity index (χ2v) is 5.56. The first kappa shape index (κ1) is 14.0. The third-order valence-corrected chi connectivity index (χ3v) is 3.60. The van der Waals surface area contributed by atoms with E-state index in [2.05, 4.69) is 6.07 Å². The molecule has 0 bridgehead atoms. The van der Waals surface area contributed by atoms with E-state index in [0.29, 0.717) is 13.0 Å². The molecular formula is C18H20O3. The summed E-state index contributed by atoms with van der Waals surface area (Å²) in [5.74, 6) is 1.81. The van der Waals surface area contributed by atoms with Gasteiger partial charge >= 0.3 is 0 Å². The van der Waals surface area contributed by atoms with Gasteiger partial charge in [0.15, 0.2) is 0 Å². The molecule has 0 fully saturated rings. The van der Waals surface area contributed by atoms with Gasteiger partial charge in [0.2, 0.25) is 0 Å². The molecule has 0 spiro atoms. The van der Waals surface area contributed by atoms with Crippen LogP contribution in [0.5, 0.6) is 11.5 Å². The first-order valence-corrected chi connectivity index (χ1v) is 7.35. The maximum atomic E-state index is 9.36. The molecule has 0 saturated carbocycles. The summed E-state index contributed by atoms with van der Waals surface area (Å²) in [4.78, 5) is 0. The van der Waals surface area contributed by atoms with Crippen molar-refractivity contribution in [2.45, 2.75) is 32.0 Å². The van der Waals surface area contributed by atoms with Crippen LogP contribution in [-0.2, 0) is 12.8 Å². The Morgan fingerprint density at radius 3 is 2.67 bits per heavy atom. The van der Waals surface area contributed by atoms with E-state index in [1.54, 1.807) is 6.92 Å². The number of fused-ring (bicyclic) bond motifs is 1. The zero-order chi connectivity index (χ0) is 14.7. The average Bonchev–Trinajstić information content (AvgIpc) is 2.89. The molecule has 0 radical (unpaired) electrons. The average molecular weight is 284 g/mol. The van der Waals surface area contributed by atoms with Gasteiger partial charge in [0.05, 0.1) is 6.10 Å². The van der Waals surface area contributed by atoms with Crippen molar-refractivity contribution in [1.82, 2.24) is 0 Å². The fourth-order valence-electron chi connectivity index (χ4n) is 2.60. The van der Waals surface area contributed by atoms with Gasteiger partial charge in [-0.2, -0.15) is 0 Å². The third kappa shape index (κ3) is 3.56. The van der Waals surface area contributed by atoms with E-state index >= 15 is 0 Å². The minimum atomic E-state index is -0.317. The van der Waals surface area contributed by atoms with E-state index in [9.17, 15) is 5.11 Å². The molecule has 2 unspecified atom stereocenters. The topological polar surface area (TPSA) is 38.7 Å². The van der Waals surface area contributed by atoms with Gasteiger partial charge in [0.1, 0.15) is 24.2 Å². The summed E-state index contributed by atoms with van der Waals surface area (Å²) in [6.07, 6.45) is 1.33. The Labute approximate surface area is 125 Å². The Morgan fingerprint density at radius 2 is 1.95 bits per heavy atom. The molecule has 0 aliphatic carbocycles. The molecule has 21 heavy (non-hydrogen) atoms. The van der Waals surface area contributed by atoms with Crippen LogP contribution in [0.1, 0.15) is 18.1 Å². The molecule has 1 heterocycles. The number of hydrogen-bond acceptors (Lipinski definition) is 3. The van der Waals surface area contributed by atoms with Crippen molar-refractivity contribution in [1.29, 1.82) is 0 Å². The normalized spacial score (nSPS) is 17.9. The van der Waals surface area contributed by atoms with Gasteiger partial charge in [-0.05, 0) is 42.7 Å². The van der Waals surface area contributed by atoms with Gasteiger partial charge in [0.25, 0.3) is 0 Å². The smallest absolute Gasteiger partial charge is 0.137 e. The Bertz CT molecular complexity index is 565. The molecular weight excluding hydrogens is 264 g/mol. The zero-order valence-electron chi connectivity index (χ0n) is 12.2. The lowest BCUT2D eigenvalue weighted by Gasteiger charge is -2.13. The SMILES string of the molecule is CC(O)Cc1ccc(OCC2Cc3ccccc3O2)cc1. The van der Waals surface area contributed by atoms with E-state index < -0.39 is 0 Å². The van der Waals surface area contributed by atoms with Crippen molar-refractivity contribution < 1.29 is 14.6 Å². The number of aliphatic hydroxyl groups is 1. The standard InChI is InChI=1S/C18H20O3/c1-13(19)10-14-6-8-16(9-7-14)20-12-17-11-15-4-2-3-5-18(15)21-17/h2-9,13,17,19H,10-12H2,1H3. The maximum Gasteiger partial charge on any atom is 0.137 e. The van der Waals surface area contributed by atoms with Crippen LogP contribution < -0.4 is 9.47 Å². The predicted octanol–water partition coefficient (Wildman–Crippen LogP) is 2.99. The Balaban J connectivity index is 1.52. The lowest BCUT2D eigenvalue weighted by molar-refractivity contribution is 0.148. The lowest BCUT2D eigenvalue weighted by Crippen LogP contribution is -2.22. The molecule has 1 aliphatic rings. The van der Waals surface area contributed by atoms with Crippen LogP contribution in [0, 0.1) is 0 Å². The van der Waals surface area contributed by atoms with E-state index in [0.717, 1.165) is 23.5 Å². The van der Waals surface area contributed by atoms with Crippen molar-refractivity contribution in [3.8, 4) is 11.5 Å². The second-order valence-electron chi connectivity index (χ2n) is 5.56. The molecule has 0 saturated heterocycles. The van der Waals surface area contributed by atoms with Crippen LogP contribution in [0.3, 0.4) is 0 Å². The highest BCUT2D eigenvalue weighted by molar-refractivity contribution is 5.37. The number of ether oxygens (including phenoxy) is 2. The van der Waals surface area contributed by atoms with Crippen LogP contribution in [0.15, 0.2) is 48.5 Å². The summed E-state index contributed by atoms with van der Waals surface area (Å²) in [6.45, 7) is 2.34. The van der Waals surface area contributed by atoms with Crippen molar-refractivity contribution in [3.63, 3.8) is 0 Å². The molecule has 110 valence electrons. The Kier molecular flexibility index (Phi) is 4.11. The van der Waals surface area contributed by atoms with Gasteiger partial charge in [-0.3, -0.25) is 0 Å². The molecule has 2 aromatic carbocycles. The molecule has 2 atom stereocenters. The highest BCUT2D eigenvalue weighted by Crippen LogP contribution is 2.28. The van der Waals surface area contributed by atoms with Gasteiger partial charge in [0, 0.05) is 6.42 Å². The summed E-state index contributed by atoms with van der Waals surface area (Å²) >= 11 is 0. The van der Waals surface area contributed by atoms with Gasteiger partial charge in [-0.1, -0.05) is 30.3 Å². The van der Waals surface area contributed by atoms with Crippen molar-refractivity contribution in [2.24, 2.45) is 0 Å². The number of aliphatic hydroxyl groups excluding tert-OH is 1. The fraction of sp³-hybridized carbons (Fsp3) is 0.333. The fourth-order valence-corrected chi connectivity index (χ4v) is 2.60. The monoisotopic (exact) mass is 284 g/mol. The zero-order valence-corrected chi connectivity index (χ0v) is 12.2. The molecule has 1 N–H and O–H groups in total. The summed E-state index contributed by atoms with van der Waals surface area (Å²) in [5, 5.41) is 9.36. The number of para-hydroxylation sites is 1. The van der Waals surface area contributed by atoms with Gasteiger partial charge < -0.3 is 14.6 Å². The predicted molar refractivity (Wildman–Crippen MR) is 81.9 cm³/mol. The molecule has 0 amide bonds. The number of hydrogen-bond donors (Lipinski definition) is 1. The van der Waals surface area contributed by atoms with Crippen molar-refractivity contribution in [3.05, 3.63) is 59.7 Å². The highest BCUT2D eigenvalue weighted by atomic mass is 16.5. The van der Waals surface area contributed by atoms with Crippen LogP contribution in [0.4, 0.5) is 0 Å². The van der Waals surface area contributed by atoms with E-state index in [4.69, 9.17) is 9.47 Å².